The first-order chi connectivity index (χ1) is 23.4. The summed E-state index contributed by atoms with van der Waals surface area (Å²) in [5.41, 5.74) is 2.99. The number of ether oxygens (including phenoxy) is 1. The summed E-state index contributed by atoms with van der Waals surface area (Å²) in [6.07, 6.45) is -0.226. The van der Waals surface area contributed by atoms with E-state index in [0.717, 1.165) is 16.7 Å². The van der Waals surface area contributed by atoms with Gasteiger partial charge in [0.2, 0.25) is 29.5 Å². The smallest absolute Gasteiger partial charge is 0.245 e. The molecule has 0 unspecified atom stereocenters. The molecule has 2 aromatic rings. The Labute approximate surface area is 287 Å². The van der Waals surface area contributed by atoms with Crippen LogP contribution in [-0.2, 0) is 48.0 Å². The third-order valence-electron chi connectivity index (χ3n) is 9.89. The summed E-state index contributed by atoms with van der Waals surface area (Å²) >= 11 is 0. The standard InChI is InChI=1S/C37H49N5O7/c1-22(2)16-30-37(48)41(4)23(3)34(45)40-29(17-24-10-6-5-7-11-24)35(46)39-28-14-15-49-31(33(28)44)20-42(21-32(43)38-30)36(47)27-18-25-12-8-9-13-26(25)19-27/h5-13,22-23,27-31,33,44H,14-21H2,1-4H3,(H,38,43)(H,39,46)(H,40,45)/t23-,28-,29-,30+,31+,33-/m0/s1. The molecule has 6 atom stereocenters. The Bertz CT molecular complexity index is 1490. The molecule has 0 aromatic heterocycles. The first-order valence-corrected chi connectivity index (χ1v) is 17.3. The van der Waals surface area contributed by atoms with Crippen molar-refractivity contribution in [2.45, 2.75) is 89.3 Å². The number of fused-ring (bicyclic) bond motifs is 3. The highest BCUT2D eigenvalue weighted by molar-refractivity contribution is 5.95. The Morgan fingerprint density at radius 3 is 2.22 bits per heavy atom. The largest absolute Gasteiger partial charge is 0.388 e. The highest BCUT2D eigenvalue weighted by Crippen LogP contribution is 2.28. The molecule has 2 aliphatic heterocycles. The molecule has 264 valence electrons. The van der Waals surface area contributed by atoms with Crippen LogP contribution in [0.25, 0.3) is 0 Å². The van der Waals surface area contributed by atoms with Gasteiger partial charge in [-0.25, -0.2) is 0 Å². The fourth-order valence-electron chi connectivity index (χ4n) is 6.99. The molecular formula is C37H49N5O7. The van der Waals surface area contributed by atoms with E-state index in [1.54, 1.807) is 6.92 Å². The average molecular weight is 676 g/mol. The molecule has 12 nitrogen and oxygen atoms in total. The molecule has 3 aliphatic rings. The van der Waals surface area contributed by atoms with Gasteiger partial charge in [0.1, 0.15) is 30.3 Å². The van der Waals surface area contributed by atoms with Gasteiger partial charge in [0.15, 0.2) is 0 Å². The van der Waals surface area contributed by atoms with Crippen molar-refractivity contribution in [3.8, 4) is 0 Å². The molecule has 2 bridgehead atoms. The maximum Gasteiger partial charge on any atom is 0.245 e. The maximum atomic E-state index is 14.1. The first kappa shape index (κ1) is 36.0. The summed E-state index contributed by atoms with van der Waals surface area (Å²) in [4.78, 5) is 71.7. The number of carbonyl (C=O) groups is 5. The lowest BCUT2D eigenvalue weighted by Gasteiger charge is -2.38. The van der Waals surface area contributed by atoms with Crippen LogP contribution in [0.3, 0.4) is 0 Å². The van der Waals surface area contributed by atoms with Crippen molar-refractivity contribution in [2.75, 3.05) is 26.7 Å². The van der Waals surface area contributed by atoms with Gasteiger partial charge in [0.25, 0.3) is 0 Å². The van der Waals surface area contributed by atoms with Gasteiger partial charge in [0, 0.05) is 26.0 Å². The van der Waals surface area contributed by atoms with Gasteiger partial charge in [-0.3, -0.25) is 24.0 Å². The van der Waals surface area contributed by atoms with Gasteiger partial charge in [-0.2, -0.15) is 0 Å². The van der Waals surface area contributed by atoms with E-state index >= 15 is 0 Å². The number of hydrogen-bond acceptors (Lipinski definition) is 7. The monoisotopic (exact) mass is 675 g/mol. The summed E-state index contributed by atoms with van der Waals surface area (Å²) in [5, 5.41) is 20.1. The van der Waals surface area contributed by atoms with E-state index < -0.39 is 65.9 Å². The van der Waals surface area contributed by atoms with Crippen molar-refractivity contribution in [2.24, 2.45) is 11.8 Å². The molecule has 0 radical (unpaired) electrons. The Kier molecular flexibility index (Phi) is 11.7. The summed E-state index contributed by atoms with van der Waals surface area (Å²) < 4.78 is 5.96. The molecule has 2 aromatic carbocycles. The number of carbonyl (C=O) groups excluding carboxylic acids is 5. The van der Waals surface area contributed by atoms with E-state index in [4.69, 9.17) is 4.74 Å². The van der Waals surface area contributed by atoms with Gasteiger partial charge < -0.3 is 35.6 Å². The molecule has 0 spiro atoms. The van der Waals surface area contributed by atoms with E-state index in [-0.39, 0.29) is 37.9 Å². The van der Waals surface area contributed by atoms with Gasteiger partial charge in [0.05, 0.1) is 19.1 Å². The first-order valence-electron chi connectivity index (χ1n) is 17.3. The third-order valence-corrected chi connectivity index (χ3v) is 9.89. The van der Waals surface area contributed by atoms with Gasteiger partial charge in [-0.05, 0) is 55.2 Å². The van der Waals surface area contributed by atoms with Crippen LogP contribution in [0.1, 0.15) is 50.3 Å². The highest BCUT2D eigenvalue weighted by Gasteiger charge is 2.40. The van der Waals surface area contributed by atoms with Crippen LogP contribution >= 0.6 is 0 Å². The number of hydrogen-bond donors (Lipinski definition) is 4. The van der Waals surface area contributed by atoms with Crippen molar-refractivity contribution in [3.05, 3.63) is 71.3 Å². The highest BCUT2D eigenvalue weighted by atomic mass is 16.5. The van der Waals surface area contributed by atoms with Gasteiger partial charge >= 0.3 is 0 Å². The summed E-state index contributed by atoms with van der Waals surface area (Å²) in [7, 11) is 1.50. The number of aliphatic hydroxyl groups excluding tert-OH is 1. The average Bonchev–Trinajstić information content (AvgIpc) is 3.52. The fourth-order valence-corrected chi connectivity index (χ4v) is 6.99. The number of benzene rings is 2. The molecule has 5 rings (SSSR count). The second kappa shape index (κ2) is 15.9. The minimum atomic E-state index is -1.19. The normalized spacial score (nSPS) is 27.6. The van der Waals surface area contributed by atoms with E-state index in [0.29, 0.717) is 25.7 Å². The minimum Gasteiger partial charge on any atom is -0.388 e. The number of likely N-dealkylation sites (N-methyl/N-ethyl adjacent to an activating group) is 1. The molecule has 5 amide bonds. The molecule has 2 heterocycles. The number of aliphatic hydroxyl groups is 1. The van der Waals surface area contributed by atoms with Crippen molar-refractivity contribution in [1.29, 1.82) is 0 Å². The lowest BCUT2D eigenvalue weighted by atomic mass is 9.97. The van der Waals surface area contributed by atoms with Crippen LogP contribution in [-0.4, -0.2) is 108 Å². The van der Waals surface area contributed by atoms with Crippen LogP contribution in [0.5, 0.6) is 0 Å². The fraction of sp³-hybridized carbons (Fsp3) is 0.541. The van der Waals surface area contributed by atoms with Crippen LogP contribution in [0.15, 0.2) is 54.6 Å². The van der Waals surface area contributed by atoms with Crippen LogP contribution in [0.4, 0.5) is 0 Å². The number of nitrogens with one attached hydrogen (secondary N) is 3. The van der Waals surface area contributed by atoms with Gasteiger partial charge in [-0.1, -0.05) is 68.4 Å². The molecular weight excluding hydrogens is 626 g/mol. The lowest BCUT2D eigenvalue weighted by molar-refractivity contribution is -0.148. The quantitative estimate of drug-likeness (QED) is 0.368. The van der Waals surface area contributed by atoms with Crippen LogP contribution in [0.2, 0.25) is 0 Å². The predicted octanol–water partition coefficient (Wildman–Crippen LogP) is 0.984. The molecule has 12 heteroatoms. The Morgan fingerprint density at radius 2 is 1.57 bits per heavy atom. The van der Waals surface area contributed by atoms with Crippen molar-refractivity contribution >= 4 is 29.5 Å². The molecule has 4 N–H and O–H groups in total. The summed E-state index contributed by atoms with van der Waals surface area (Å²) in [6, 6.07) is 13.5. The van der Waals surface area contributed by atoms with E-state index in [2.05, 4.69) is 16.0 Å². The van der Waals surface area contributed by atoms with E-state index in [1.807, 2.05) is 68.4 Å². The second-order valence-corrected chi connectivity index (χ2v) is 14.0. The lowest BCUT2D eigenvalue weighted by Crippen LogP contribution is -2.60. The molecule has 2 fully saturated rings. The predicted molar refractivity (Wildman–Crippen MR) is 182 cm³/mol. The van der Waals surface area contributed by atoms with Crippen LogP contribution in [0, 0.1) is 11.8 Å². The minimum absolute atomic E-state index is 0.0253. The molecule has 49 heavy (non-hydrogen) atoms. The Morgan fingerprint density at radius 1 is 0.918 bits per heavy atom. The van der Waals surface area contributed by atoms with E-state index in [9.17, 15) is 29.1 Å². The molecule has 1 aliphatic carbocycles. The van der Waals surface area contributed by atoms with Crippen LogP contribution < -0.4 is 16.0 Å². The molecule has 0 saturated carbocycles. The zero-order valence-corrected chi connectivity index (χ0v) is 28.8. The maximum absolute atomic E-state index is 14.1. The Balaban J connectivity index is 1.46. The van der Waals surface area contributed by atoms with Crippen molar-refractivity contribution < 1.29 is 33.8 Å². The third kappa shape index (κ3) is 8.85. The number of nitrogens with zero attached hydrogens (tertiary/aromatic N) is 2. The zero-order valence-electron chi connectivity index (χ0n) is 28.8. The zero-order chi connectivity index (χ0) is 35.2. The summed E-state index contributed by atoms with van der Waals surface area (Å²) in [6.45, 7) is 5.19. The topological polar surface area (TPSA) is 157 Å². The second-order valence-electron chi connectivity index (χ2n) is 14.0. The van der Waals surface area contributed by atoms with Crippen molar-refractivity contribution in [1.82, 2.24) is 25.8 Å². The SMILES string of the molecule is CC(C)C[C@H]1NC(=O)CN(C(=O)C2Cc3ccccc3C2)C[C@H]2OCC[C@H](NC(=O)[C@H](Cc3ccccc3)NC(=O)[C@H](C)N(C)C1=O)[C@@H]2O. The summed E-state index contributed by atoms with van der Waals surface area (Å²) in [5.74, 6) is -2.64. The van der Waals surface area contributed by atoms with Gasteiger partial charge in [-0.15, -0.1) is 0 Å². The van der Waals surface area contributed by atoms with E-state index in [1.165, 1.54) is 16.8 Å². The number of rotatable bonds is 5. The molecule has 2 saturated heterocycles. The Hall–Kier alpha value is -4.29. The van der Waals surface area contributed by atoms with Crippen molar-refractivity contribution in [3.63, 3.8) is 0 Å². The number of amides is 5.